The minimum Gasteiger partial charge on any atom is -0.371 e. The van der Waals surface area contributed by atoms with Crippen molar-refractivity contribution in [2.75, 3.05) is 11.9 Å². The Kier molecular flexibility index (Phi) is 2.79. The summed E-state index contributed by atoms with van der Waals surface area (Å²) in [6.07, 6.45) is 5.07. The molecule has 0 saturated heterocycles. The van der Waals surface area contributed by atoms with Gasteiger partial charge in [0.05, 0.1) is 0 Å². The maximum atomic E-state index is 13.3. The summed E-state index contributed by atoms with van der Waals surface area (Å²) in [4.78, 5) is 2.29. The number of benzene rings is 1. The van der Waals surface area contributed by atoms with Gasteiger partial charge in [0.2, 0.25) is 0 Å². The molecule has 0 aliphatic heterocycles. The molecule has 3 heteroatoms. The molecule has 92 valence electrons. The van der Waals surface area contributed by atoms with E-state index >= 15 is 0 Å². The summed E-state index contributed by atoms with van der Waals surface area (Å²) in [5.74, 6) is -0.134. The molecule has 0 unspecified atom stereocenters. The Morgan fingerprint density at radius 2 is 2.06 bits per heavy atom. The lowest BCUT2D eigenvalue weighted by Gasteiger charge is -2.22. The van der Waals surface area contributed by atoms with E-state index in [1.807, 2.05) is 6.07 Å². The monoisotopic (exact) mass is 234 g/mol. The third kappa shape index (κ3) is 2.60. The van der Waals surface area contributed by atoms with Crippen molar-refractivity contribution in [1.29, 1.82) is 0 Å². The van der Waals surface area contributed by atoms with Gasteiger partial charge < -0.3 is 10.2 Å². The summed E-state index contributed by atoms with van der Waals surface area (Å²) in [6, 6.07) is 6.48. The highest BCUT2D eigenvalue weighted by Gasteiger charge is 2.28. The van der Waals surface area contributed by atoms with E-state index in [-0.39, 0.29) is 5.82 Å². The zero-order valence-electron chi connectivity index (χ0n) is 10.2. The van der Waals surface area contributed by atoms with Crippen LogP contribution in [-0.4, -0.2) is 19.1 Å². The van der Waals surface area contributed by atoms with Crippen LogP contribution in [0.3, 0.4) is 0 Å². The van der Waals surface area contributed by atoms with Crippen molar-refractivity contribution in [3.8, 4) is 0 Å². The molecule has 0 heterocycles. The minimum atomic E-state index is -0.134. The molecule has 1 aromatic carbocycles. The molecule has 3 rings (SSSR count). The van der Waals surface area contributed by atoms with Crippen molar-refractivity contribution in [3.63, 3.8) is 0 Å². The van der Waals surface area contributed by atoms with Crippen LogP contribution < -0.4 is 10.2 Å². The highest BCUT2D eigenvalue weighted by atomic mass is 19.1. The van der Waals surface area contributed by atoms with Gasteiger partial charge in [-0.1, -0.05) is 0 Å². The number of rotatable bonds is 5. The van der Waals surface area contributed by atoms with Gasteiger partial charge in [-0.05, 0) is 49.4 Å². The number of nitrogens with zero attached hydrogens (tertiary/aromatic N) is 1. The Morgan fingerprint density at radius 1 is 1.29 bits per heavy atom. The second-order valence-electron chi connectivity index (χ2n) is 5.27. The van der Waals surface area contributed by atoms with E-state index in [4.69, 9.17) is 0 Å². The quantitative estimate of drug-likeness (QED) is 0.842. The summed E-state index contributed by atoms with van der Waals surface area (Å²) in [6.45, 7) is 0.787. The van der Waals surface area contributed by atoms with Gasteiger partial charge in [-0.2, -0.15) is 0 Å². The largest absolute Gasteiger partial charge is 0.371 e. The fraction of sp³-hybridized carbons (Fsp3) is 0.571. The van der Waals surface area contributed by atoms with Crippen molar-refractivity contribution in [2.45, 2.75) is 44.3 Å². The van der Waals surface area contributed by atoms with Gasteiger partial charge in [-0.15, -0.1) is 0 Å². The van der Waals surface area contributed by atoms with Crippen LogP contribution in [0.5, 0.6) is 0 Å². The first kappa shape index (κ1) is 11.0. The van der Waals surface area contributed by atoms with Gasteiger partial charge in [0.25, 0.3) is 0 Å². The van der Waals surface area contributed by atoms with Crippen LogP contribution in [0.2, 0.25) is 0 Å². The molecule has 2 saturated carbocycles. The van der Waals surface area contributed by atoms with Gasteiger partial charge in [0.15, 0.2) is 0 Å². The number of hydrogen-bond donors (Lipinski definition) is 1. The highest BCUT2D eigenvalue weighted by Crippen LogP contribution is 2.32. The Labute approximate surface area is 102 Å². The molecule has 1 aromatic rings. The van der Waals surface area contributed by atoms with E-state index in [1.54, 1.807) is 12.1 Å². The molecule has 0 spiro atoms. The van der Waals surface area contributed by atoms with Crippen molar-refractivity contribution >= 4 is 5.69 Å². The second-order valence-corrected chi connectivity index (χ2v) is 5.27. The number of hydrogen-bond acceptors (Lipinski definition) is 2. The lowest BCUT2D eigenvalue weighted by atomic mass is 10.1. The molecule has 2 fully saturated rings. The standard InChI is InChI=1S/C14H19FN2/c1-17(13-5-6-13)14-7-2-11(15)8-10(14)9-16-12-3-4-12/h2,7-8,12-13,16H,3-6,9H2,1H3. The van der Waals surface area contributed by atoms with E-state index < -0.39 is 0 Å². The number of nitrogens with one attached hydrogen (secondary N) is 1. The first-order chi connectivity index (χ1) is 8.24. The average Bonchev–Trinajstić information content (AvgIpc) is 3.17. The molecule has 0 bridgehead atoms. The Hall–Kier alpha value is -1.09. The molecule has 0 aromatic heterocycles. The lowest BCUT2D eigenvalue weighted by Crippen LogP contribution is -2.23. The smallest absolute Gasteiger partial charge is 0.123 e. The normalized spacial score (nSPS) is 19.4. The molecular weight excluding hydrogens is 215 g/mol. The minimum absolute atomic E-state index is 0.134. The third-order valence-corrected chi connectivity index (χ3v) is 3.67. The maximum absolute atomic E-state index is 13.3. The van der Waals surface area contributed by atoms with Crippen LogP contribution in [0.4, 0.5) is 10.1 Å². The van der Waals surface area contributed by atoms with E-state index in [2.05, 4.69) is 17.3 Å². The molecule has 2 aliphatic carbocycles. The number of halogens is 1. The van der Waals surface area contributed by atoms with Crippen LogP contribution in [0.25, 0.3) is 0 Å². The van der Waals surface area contributed by atoms with Gasteiger partial charge in [-0.25, -0.2) is 4.39 Å². The Balaban J connectivity index is 1.78. The van der Waals surface area contributed by atoms with Gasteiger partial charge in [-0.3, -0.25) is 0 Å². The first-order valence-electron chi connectivity index (χ1n) is 6.48. The van der Waals surface area contributed by atoms with Gasteiger partial charge >= 0.3 is 0 Å². The Bertz CT molecular complexity index is 411. The van der Waals surface area contributed by atoms with Gasteiger partial charge in [0, 0.05) is 31.4 Å². The predicted octanol–water partition coefficient (Wildman–Crippen LogP) is 2.68. The van der Waals surface area contributed by atoms with Crippen molar-refractivity contribution in [1.82, 2.24) is 5.32 Å². The van der Waals surface area contributed by atoms with Crippen LogP contribution in [0.1, 0.15) is 31.2 Å². The summed E-state index contributed by atoms with van der Waals surface area (Å²) < 4.78 is 13.3. The summed E-state index contributed by atoms with van der Waals surface area (Å²) >= 11 is 0. The lowest BCUT2D eigenvalue weighted by molar-refractivity contribution is 0.619. The predicted molar refractivity (Wildman–Crippen MR) is 67.7 cm³/mol. The van der Waals surface area contributed by atoms with Crippen LogP contribution in [-0.2, 0) is 6.54 Å². The molecular formula is C14H19FN2. The molecule has 17 heavy (non-hydrogen) atoms. The van der Waals surface area contributed by atoms with E-state index in [1.165, 1.54) is 31.4 Å². The van der Waals surface area contributed by atoms with Crippen LogP contribution in [0.15, 0.2) is 18.2 Å². The fourth-order valence-electron chi connectivity index (χ4n) is 2.24. The zero-order valence-corrected chi connectivity index (χ0v) is 10.2. The molecule has 0 amide bonds. The van der Waals surface area contributed by atoms with E-state index in [9.17, 15) is 4.39 Å². The molecule has 1 N–H and O–H groups in total. The molecule has 0 radical (unpaired) electrons. The van der Waals surface area contributed by atoms with E-state index in [0.717, 1.165) is 12.1 Å². The maximum Gasteiger partial charge on any atom is 0.123 e. The highest BCUT2D eigenvalue weighted by molar-refractivity contribution is 5.55. The van der Waals surface area contributed by atoms with Crippen LogP contribution >= 0.6 is 0 Å². The Morgan fingerprint density at radius 3 is 2.71 bits per heavy atom. The SMILES string of the molecule is CN(c1ccc(F)cc1CNC1CC1)C1CC1. The average molecular weight is 234 g/mol. The molecule has 0 atom stereocenters. The first-order valence-corrected chi connectivity index (χ1v) is 6.48. The third-order valence-electron chi connectivity index (χ3n) is 3.67. The number of anilines is 1. The summed E-state index contributed by atoms with van der Waals surface area (Å²) in [5, 5.41) is 3.46. The molecule has 2 nitrogen and oxygen atoms in total. The second kappa shape index (κ2) is 4.30. The fourth-order valence-corrected chi connectivity index (χ4v) is 2.24. The summed E-state index contributed by atoms with van der Waals surface area (Å²) in [7, 11) is 2.12. The van der Waals surface area contributed by atoms with Gasteiger partial charge in [0.1, 0.15) is 5.82 Å². The van der Waals surface area contributed by atoms with Crippen molar-refractivity contribution in [3.05, 3.63) is 29.6 Å². The molecule has 2 aliphatic rings. The van der Waals surface area contributed by atoms with Crippen molar-refractivity contribution < 1.29 is 4.39 Å². The van der Waals surface area contributed by atoms with Crippen LogP contribution in [0, 0.1) is 5.82 Å². The van der Waals surface area contributed by atoms with Crippen molar-refractivity contribution in [2.24, 2.45) is 0 Å². The summed E-state index contributed by atoms with van der Waals surface area (Å²) in [5.41, 5.74) is 2.27. The topological polar surface area (TPSA) is 15.3 Å². The zero-order chi connectivity index (χ0) is 11.8. The van der Waals surface area contributed by atoms with E-state index in [0.29, 0.717) is 12.1 Å².